The zero-order chi connectivity index (χ0) is 11.4. The van der Waals surface area contributed by atoms with E-state index in [0.717, 1.165) is 18.7 Å². The summed E-state index contributed by atoms with van der Waals surface area (Å²) >= 11 is 0. The van der Waals surface area contributed by atoms with Crippen molar-refractivity contribution in [1.82, 2.24) is 5.32 Å². The van der Waals surface area contributed by atoms with Gasteiger partial charge >= 0.3 is 0 Å². The van der Waals surface area contributed by atoms with E-state index in [4.69, 9.17) is 5.73 Å². The molecule has 0 bridgehead atoms. The van der Waals surface area contributed by atoms with Gasteiger partial charge in [-0.1, -0.05) is 12.1 Å². The Morgan fingerprint density at radius 1 is 1.29 bits per heavy atom. The van der Waals surface area contributed by atoms with Gasteiger partial charge < -0.3 is 11.1 Å². The van der Waals surface area contributed by atoms with E-state index >= 15 is 0 Å². The predicted octanol–water partition coefficient (Wildman–Crippen LogP) is 2.15. The fraction of sp³-hybridized carbons (Fsp3) is 0.462. The van der Waals surface area contributed by atoms with E-state index in [-0.39, 0.29) is 18.3 Å². The Kier molecular flexibility index (Phi) is 5.29. The van der Waals surface area contributed by atoms with E-state index in [1.165, 1.54) is 18.4 Å². The first-order chi connectivity index (χ1) is 7.74. The van der Waals surface area contributed by atoms with E-state index in [9.17, 15) is 4.79 Å². The summed E-state index contributed by atoms with van der Waals surface area (Å²) in [6.45, 7) is 0.718. The second kappa shape index (κ2) is 6.50. The molecule has 4 heteroatoms. The molecule has 0 radical (unpaired) electrons. The van der Waals surface area contributed by atoms with Crippen LogP contribution in [0.15, 0.2) is 24.3 Å². The largest absolute Gasteiger partial charge is 0.399 e. The van der Waals surface area contributed by atoms with E-state index in [1.54, 1.807) is 0 Å². The van der Waals surface area contributed by atoms with E-state index in [0.29, 0.717) is 12.3 Å². The average molecular weight is 255 g/mol. The van der Waals surface area contributed by atoms with Crippen molar-refractivity contribution in [3.05, 3.63) is 29.8 Å². The fourth-order valence-corrected chi connectivity index (χ4v) is 1.69. The normalized spacial score (nSPS) is 13.9. The van der Waals surface area contributed by atoms with E-state index in [2.05, 4.69) is 5.32 Å². The average Bonchev–Trinajstić information content (AvgIpc) is 3.05. The van der Waals surface area contributed by atoms with Gasteiger partial charge in [0.1, 0.15) is 0 Å². The third-order valence-corrected chi connectivity index (χ3v) is 2.89. The lowest BCUT2D eigenvalue weighted by molar-refractivity contribution is -0.121. The molecule has 0 spiro atoms. The summed E-state index contributed by atoms with van der Waals surface area (Å²) in [6, 6.07) is 7.79. The summed E-state index contributed by atoms with van der Waals surface area (Å²) in [7, 11) is 0. The molecule has 0 heterocycles. The van der Waals surface area contributed by atoms with Crippen LogP contribution in [0.4, 0.5) is 5.69 Å². The van der Waals surface area contributed by atoms with Crippen LogP contribution in [-0.4, -0.2) is 12.5 Å². The van der Waals surface area contributed by atoms with Gasteiger partial charge in [-0.15, -0.1) is 12.4 Å². The second-order valence-corrected chi connectivity index (χ2v) is 4.49. The molecule has 1 aliphatic carbocycles. The van der Waals surface area contributed by atoms with Gasteiger partial charge in [-0.05, 0) is 42.9 Å². The van der Waals surface area contributed by atoms with Crippen LogP contribution in [0.2, 0.25) is 0 Å². The standard InChI is InChI=1S/C13H18N2O.ClH/c14-12-5-3-10(4-6-12)7-8-15-13(16)9-11-1-2-11;/h3-6,11H,1-2,7-9,14H2,(H,15,16);1H. The minimum atomic E-state index is 0. The molecule has 94 valence electrons. The molecule has 0 aromatic heterocycles. The molecule has 17 heavy (non-hydrogen) atoms. The Morgan fingerprint density at radius 2 is 1.94 bits per heavy atom. The highest BCUT2D eigenvalue weighted by Gasteiger charge is 2.23. The van der Waals surface area contributed by atoms with Gasteiger partial charge in [-0.3, -0.25) is 4.79 Å². The SMILES string of the molecule is Cl.Nc1ccc(CCNC(=O)CC2CC2)cc1. The number of amides is 1. The lowest BCUT2D eigenvalue weighted by Gasteiger charge is -2.05. The highest BCUT2D eigenvalue weighted by molar-refractivity contribution is 5.85. The Balaban J connectivity index is 0.00000144. The van der Waals surface area contributed by atoms with Crippen LogP contribution in [0.1, 0.15) is 24.8 Å². The molecule has 1 aliphatic rings. The van der Waals surface area contributed by atoms with Crippen molar-refractivity contribution in [2.45, 2.75) is 25.7 Å². The number of hydrogen-bond donors (Lipinski definition) is 2. The van der Waals surface area contributed by atoms with Crippen LogP contribution < -0.4 is 11.1 Å². The molecule has 3 N–H and O–H groups in total. The number of nitrogens with two attached hydrogens (primary N) is 1. The highest BCUT2D eigenvalue weighted by Crippen LogP contribution is 2.31. The quantitative estimate of drug-likeness (QED) is 0.791. The minimum Gasteiger partial charge on any atom is -0.399 e. The summed E-state index contributed by atoms with van der Waals surface area (Å²) < 4.78 is 0. The van der Waals surface area contributed by atoms with Crippen molar-refractivity contribution >= 4 is 24.0 Å². The number of nitrogen functional groups attached to an aromatic ring is 1. The molecule has 0 atom stereocenters. The fourth-order valence-electron chi connectivity index (χ4n) is 1.69. The lowest BCUT2D eigenvalue weighted by atomic mass is 10.1. The monoisotopic (exact) mass is 254 g/mol. The zero-order valence-electron chi connectivity index (χ0n) is 9.82. The Labute approximate surface area is 108 Å². The van der Waals surface area contributed by atoms with Gasteiger partial charge in [0, 0.05) is 18.7 Å². The Bertz CT molecular complexity index is 360. The van der Waals surface area contributed by atoms with Crippen LogP contribution in [0, 0.1) is 5.92 Å². The van der Waals surface area contributed by atoms with Gasteiger partial charge in [-0.2, -0.15) is 0 Å². The highest BCUT2D eigenvalue weighted by atomic mass is 35.5. The maximum Gasteiger partial charge on any atom is 0.220 e. The molecule has 1 aromatic carbocycles. The van der Waals surface area contributed by atoms with Gasteiger partial charge in [0.25, 0.3) is 0 Å². The topological polar surface area (TPSA) is 55.1 Å². The van der Waals surface area contributed by atoms with Crippen molar-refractivity contribution in [2.24, 2.45) is 5.92 Å². The molecule has 1 amide bonds. The van der Waals surface area contributed by atoms with E-state index < -0.39 is 0 Å². The number of hydrogen-bond acceptors (Lipinski definition) is 2. The number of halogens is 1. The molecule has 0 saturated heterocycles. The maximum absolute atomic E-state index is 11.4. The van der Waals surface area contributed by atoms with E-state index in [1.807, 2.05) is 24.3 Å². The van der Waals surface area contributed by atoms with Crippen molar-refractivity contribution in [3.8, 4) is 0 Å². The summed E-state index contributed by atoms with van der Waals surface area (Å²) in [5.74, 6) is 0.856. The van der Waals surface area contributed by atoms with Crippen LogP contribution in [0.5, 0.6) is 0 Å². The van der Waals surface area contributed by atoms with Crippen LogP contribution in [0.25, 0.3) is 0 Å². The molecular formula is C13H19ClN2O. The van der Waals surface area contributed by atoms with Crippen LogP contribution in [0.3, 0.4) is 0 Å². The summed E-state index contributed by atoms with van der Waals surface area (Å²) in [5.41, 5.74) is 7.58. The molecule has 1 aromatic rings. The Morgan fingerprint density at radius 3 is 2.53 bits per heavy atom. The second-order valence-electron chi connectivity index (χ2n) is 4.49. The summed E-state index contributed by atoms with van der Waals surface area (Å²) in [4.78, 5) is 11.4. The van der Waals surface area contributed by atoms with Gasteiger partial charge in [0.05, 0.1) is 0 Å². The Hall–Kier alpha value is -1.22. The molecule has 1 saturated carbocycles. The van der Waals surface area contributed by atoms with Gasteiger partial charge in [0.2, 0.25) is 5.91 Å². The first-order valence-corrected chi connectivity index (χ1v) is 5.85. The summed E-state index contributed by atoms with van der Waals surface area (Å²) in [5, 5.41) is 2.95. The van der Waals surface area contributed by atoms with Crippen LogP contribution in [-0.2, 0) is 11.2 Å². The van der Waals surface area contributed by atoms with Crippen LogP contribution >= 0.6 is 12.4 Å². The lowest BCUT2D eigenvalue weighted by Crippen LogP contribution is -2.25. The van der Waals surface area contributed by atoms with Crippen molar-refractivity contribution in [3.63, 3.8) is 0 Å². The number of rotatable bonds is 5. The molecule has 0 unspecified atom stereocenters. The van der Waals surface area contributed by atoms with Gasteiger partial charge in [0.15, 0.2) is 0 Å². The smallest absolute Gasteiger partial charge is 0.220 e. The third kappa shape index (κ3) is 5.09. The van der Waals surface area contributed by atoms with Crippen molar-refractivity contribution < 1.29 is 4.79 Å². The number of benzene rings is 1. The number of carbonyl (C=O) groups excluding carboxylic acids is 1. The van der Waals surface area contributed by atoms with Gasteiger partial charge in [-0.25, -0.2) is 0 Å². The molecule has 3 nitrogen and oxygen atoms in total. The molecular weight excluding hydrogens is 236 g/mol. The predicted molar refractivity (Wildman–Crippen MR) is 72.2 cm³/mol. The number of nitrogens with one attached hydrogen (secondary N) is 1. The third-order valence-electron chi connectivity index (χ3n) is 2.89. The van der Waals surface area contributed by atoms with Crippen molar-refractivity contribution in [1.29, 1.82) is 0 Å². The van der Waals surface area contributed by atoms with Crippen molar-refractivity contribution in [2.75, 3.05) is 12.3 Å². The number of carbonyl (C=O) groups is 1. The maximum atomic E-state index is 11.4. The zero-order valence-corrected chi connectivity index (χ0v) is 10.6. The summed E-state index contributed by atoms with van der Waals surface area (Å²) in [6.07, 6.45) is 4.04. The molecule has 1 fully saturated rings. The minimum absolute atomic E-state index is 0. The first-order valence-electron chi connectivity index (χ1n) is 5.85. The first kappa shape index (κ1) is 13.8. The number of anilines is 1. The molecule has 0 aliphatic heterocycles. The molecule has 2 rings (SSSR count).